The summed E-state index contributed by atoms with van der Waals surface area (Å²) in [6.45, 7) is 0.608. The molecule has 3 aromatic rings. The molecule has 0 aliphatic rings. The van der Waals surface area contributed by atoms with E-state index >= 15 is 0 Å². The summed E-state index contributed by atoms with van der Waals surface area (Å²) in [5.41, 5.74) is 9.89. The van der Waals surface area contributed by atoms with Gasteiger partial charge >= 0.3 is 0 Å². The summed E-state index contributed by atoms with van der Waals surface area (Å²) in [5, 5.41) is 0. The number of benzene rings is 2. The molecule has 2 aromatic carbocycles. The van der Waals surface area contributed by atoms with E-state index in [1.807, 2.05) is 24.3 Å². The highest BCUT2D eigenvalue weighted by atomic mass is 15.1. The van der Waals surface area contributed by atoms with Crippen LogP contribution in [0.15, 0.2) is 48.5 Å². The molecule has 0 aliphatic heterocycles. The molecule has 102 valence electrons. The fraction of sp³-hybridized carbons (Fsp3) is 0.188. The van der Waals surface area contributed by atoms with Crippen molar-refractivity contribution < 1.29 is 0 Å². The zero-order valence-electron chi connectivity index (χ0n) is 11.5. The Hall–Kier alpha value is -2.33. The topological polar surface area (TPSA) is 57.9 Å². The van der Waals surface area contributed by atoms with Crippen LogP contribution in [0.1, 0.15) is 5.82 Å². The summed E-state index contributed by atoms with van der Waals surface area (Å²) in [7, 11) is 2.06. The van der Waals surface area contributed by atoms with Gasteiger partial charge < -0.3 is 15.6 Å². The van der Waals surface area contributed by atoms with E-state index in [4.69, 9.17) is 5.73 Å². The number of fused-ring (bicyclic) bond motifs is 1. The molecule has 4 heteroatoms. The van der Waals surface area contributed by atoms with Crippen LogP contribution >= 0.6 is 0 Å². The molecule has 0 spiro atoms. The lowest BCUT2D eigenvalue weighted by Gasteiger charge is -2.19. The highest BCUT2D eigenvalue weighted by Gasteiger charge is 2.07. The number of nitrogens with zero attached hydrogens (tertiary/aromatic N) is 2. The van der Waals surface area contributed by atoms with Crippen LogP contribution in [0.5, 0.6) is 0 Å². The number of imidazole rings is 1. The first-order valence-electron chi connectivity index (χ1n) is 6.75. The number of H-pyrrole nitrogens is 1. The van der Waals surface area contributed by atoms with Gasteiger partial charge in [0.25, 0.3) is 0 Å². The molecule has 0 unspecified atom stereocenters. The van der Waals surface area contributed by atoms with Crippen LogP contribution in [0.4, 0.5) is 11.4 Å². The molecular formula is C16H18N4. The molecule has 0 amide bonds. The number of nitrogens with one attached hydrogen (secondary N) is 1. The van der Waals surface area contributed by atoms with Crippen molar-refractivity contribution in [3.63, 3.8) is 0 Å². The van der Waals surface area contributed by atoms with E-state index in [0.717, 1.165) is 34.7 Å². The maximum atomic E-state index is 5.57. The number of anilines is 2. The van der Waals surface area contributed by atoms with Crippen molar-refractivity contribution in [3.8, 4) is 0 Å². The van der Waals surface area contributed by atoms with Crippen LogP contribution in [-0.4, -0.2) is 23.6 Å². The van der Waals surface area contributed by atoms with Gasteiger partial charge in [-0.1, -0.05) is 18.2 Å². The van der Waals surface area contributed by atoms with E-state index in [1.54, 1.807) is 0 Å². The molecule has 0 radical (unpaired) electrons. The van der Waals surface area contributed by atoms with Crippen molar-refractivity contribution >= 4 is 22.4 Å². The third-order valence-electron chi connectivity index (χ3n) is 3.43. The van der Waals surface area contributed by atoms with Gasteiger partial charge in [0.05, 0.1) is 11.0 Å². The molecule has 0 fully saturated rings. The maximum absolute atomic E-state index is 5.57. The summed E-state index contributed by atoms with van der Waals surface area (Å²) in [4.78, 5) is 10.0. The second kappa shape index (κ2) is 5.35. The average molecular weight is 266 g/mol. The van der Waals surface area contributed by atoms with Crippen LogP contribution in [-0.2, 0) is 6.42 Å². The first-order chi connectivity index (χ1) is 9.78. The van der Waals surface area contributed by atoms with E-state index in [0.29, 0.717) is 6.54 Å². The summed E-state index contributed by atoms with van der Waals surface area (Å²) < 4.78 is 0. The van der Waals surface area contributed by atoms with E-state index in [2.05, 4.69) is 46.2 Å². The second-order valence-electron chi connectivity index (χ2n) is 4.82. The SMILES string of the molecule is CN(c1ccccc1)c1ccc2nc(CCN)[nH]c2c1. The third-order valence-corrected chi connectivity index (χ3v) is 3.43. The highest BCUT2D eigenvalue weighted by Crippen LogP contribution is 2.26. The lowest BCUT2D eigenvalue weighted by molar-refractivity contribution is 0.900. The molecule has 20 heavy (non-hydrogen) atoms. The van der Waals surface area contributed by atoms with E-state index in [1.165, 1.54) is 0 Å². The normalized spacial score (nSPS) is 10.9. The molecular weight excluding hydrogens is 248 g/mol. The van der Waals surface area contributed by atoms with Crippen molar-refractivity contribution in [1.82, 2.24) is 9.97 Å². The fourth-order valence-corrected chi connectivity index (χ4v) is 2.31. The lowest BCUT2D eigenvalue weighted by atomic mass is 10.2. The van der Waals surface area contributed by atoms with Gasteiger partial charge in [0.1, 0.15) is 5.82 Å². The lowest BCUT2D eigenvalue weighted by Crippen LogP contribution is -2.08. The number of nitrogens with two attached hydrogens (primary N) is 1. The number of aromatic amines is 1. The molecule has 3 rings (SSSR count). The predicted octanol–water partition coefficient (Wildman–Crippen LogP) is 2.83. The number of aromatic nitrogens is 2. The van der Waals surface area contributed by atoms with Crippen molar-refractivity contribution in [2.75, 3.05) is 18.5 Å². The van der Waals surface area contributed by atoms with Gasteiger partial charge in [-0.15, -0.1) is 0 Å². The van der Waals surface area contributed by atoms with Crippen LogP contribution in [0.3, 0.4) is 0 Å². The smallest absolute Gasteiger partial charge is 0.108 e. The fourth-order valence-electron chi connectivity index (χ4n) is 2.31. The molecule has 0 atom stereocenters. The van der Waals surface area contributed by atoms with Gasteiger partial charge in [0.15, 0.2) is 0 Å². The molecule has 1 aromatic heterocycles. The van der Waals surface area contributed by atoms with E-state index < -0.39 is 0 Å². The Kier molecular flexibility index (Phi) is 3.39. The minimum Gasteiger partial charge on any atom is -0.345 e. The first kappa shape index (κ1) is 12.7. The Morgan fingerprint density at radius 3 is 2.65 bits per heavy atom. The van der Waals surface area contributed by atoms with Crippen molar-refractivity contribution in [3.05, 3.63) is 54.4 Å². The van der Waals surface area contributed by atoms with Crippen molar-refractivity contribution in [1.29, 1.82) is 0 Å². The summed E-state index contributed by atoms with van der Waals surface area (Å²) >= 11 is 0. The van der Waals surface area contributed by atoms with E-state index in [-0.39, 0.29) is 0 Å². The third kappa shape index (κ3) is 2.38. The van der Waals surface area contributed by atoms with Gasteiger partial charge in [-0.2, -0.15) is 0 Å². The standard InChI is InChI=1S/C16H18N4/c1-20(12-5-3-2-4-6-12)13-7-8-14-15(11-13)19-16(18-14)9-10-17/h2-8,11H,9-10,17H2,1H3,(H,18,19). The molecule has 0 saturated heterocycles. The highest BCUT2D eigenvalue weighted by molar-refractivity contribution is 5.81. The number of hydrogen-bond acceptors (Lipinski definition) is 3. The van der Waals surface area contributed by atoms with Crippen molar-refractivity contribution in [2.24, 2.45) is 5.73 Å². The van der Waals surface area contributed by atoms with Crippen LogP contribution in [0, 0.1) is 0 Å². The Labute approximate surface area is 118 Å². The minimum absolute atomic E-state index is 0.608. The zero-order valence-corrected chi connectivity index (χ0v) is 11.5. The summed E-state index contributed by atoms with van der Waals surface area (Å²) in [5.74, 6) is 0.946. The van der Waals surface area contributed by atoms with E-state index in [9.17, 15) is 0 Å². The number of hydrogen-bond donors (Lipinski definition) is 2. The second-order valence-corrected chi connectivity index (χ2v) is 4.82. The zero-order chi connectivity index (χ0) is 13.9. The first-order valence-corrected chi connectivity index (χ1v) is 6.75. The van der Waals surface area contributed by atoms with Gasteiger partial charge in [0, 0.05) is 24.8 Å². The Bertz CT molecular complexity index is 703. The minimum atomic E-state index is 0.608. The molecule has 4 nitrogen and oxygen atoms in total. The molecule has 0 saturated carbocycles. The van der Waals surface area contributed by atoms with Gasteiger partial charge in [-0.05, 0) is 36.9 Å². The predicted molar refractivity (Wildman–Crippen MR) is 83.4 cm³/mol. The average Bonchev–Trinajstić information content (AvgIpc) is 2.89. The summed E-state index contributed by atoms with van der Waals surface area (Å²) in [6.07, 6.45) is 0.776. The Morgan fingerprint density at radius 1 is 1.10 bits per heavy atom. The molecule has 0 bridgehead atoms. The van der Waals surface area contributed by atoms with Crippen LogP contribution < -0.4 is 10.6 Å². The number of para-hydroxylation sites is 1. The van der Waals surface area contributed by atoms with Gasteiger partial charge in [-0.25, -0.2) is 4.98 Å². The largest absolute Gasteiger partial charge is 0.345 e. The quantitative estimate of drug-likeness (QED) is 0.763. The van der Waals surface area contributed by atoms with Crippen molar-refractivity contribution in [2.45, 2.75) is 6.42 Å². The molecule has 0 aliphatic carbocycles. The molecule has 3 N–H and O–H groups in total. The number of rotatable bonds is 4. The van der Waals surface area contributed by atoms with Crippen LogP contribution in [0.25, 0.3) is 11.0 Å². The monoisotopic (exact) mass is 266 g/mol. The van der Waals surface area contributed by atoms with Crippen LogP contribution in [0.2, 0.25) is 0 Å². The van der Waals surface area contributed by atoms with Gasteiger partial charge in [-0.3, -0.25) is 0 Å². The Morgan fingerprint density at radius 2 is 1.90 bits per heavy atom. The van der Waals surface area contributed by atoms with Gasteiger partial charge in [0.2, 0.25) is 0 Å². The Balaban J connectivity index is 1.96. The molecule has 1 heterocycles. The maximum Gasteiger partial charge on any atom is 0.108 e. The summed E-state index contributed by atoms with van der Waals surface area (Å²) in [6, 6.07) is 16.5.